The molecular formula is C15H19NO2. The predicted octanol–water partition coefficient (Wildman–Crippen LogP) is 2.18. The summed E-state index contributed by atoms with van der Waals surface area (Å²) in [7, 11) is 1.71. The van der Waals surface area contributed by atoms with E-state index in [4.69, 9.17) is 4.74 Å². The van der Waals surface area contributed by atoms with Gasteiger partial charge < -0.3 is 10.1 Å². The highest BCUT2D eigenvalue weighted by Gasteiger charge is 2.39. The summed E-state index contributed by atoms with van der Waals surface area (Å²) in [6.07, 6.45) is 5.16. The monoisotopic (exact) mass is 245 g/mol. The molecule has 1 atom stereocenters. The second kappa shape index (κ2) is 4.30. The Morgan fingerprint density at radius 1 is 1.28 bits per heavy atom. The predicted molar refractivity (Wildman–Crippen MR) is 69.9 cm³/mol. The van der Waals surface area contributed by atoms with E-state index in [-0.39, 0.29) is 11.3 Å². The van der Waals surface area contributed by atoms with Crippen molar-refractivity contribution < 1.29 is 9.53 Å². The van der Waals surface area contributed by atoms with Gasteiger partial charge in [0.25, 0.3) is 0 Å². The van der Waals surface area contributed by atoms with E-state index in [0.717, 1.165) is 25.1 Å². The number of aryl methyl sites for hydroxylation is 1. The van der Waals surface area contributed by atoms with E-state index in [1.165, 1.54) is 24.0 Å². The Labute approximate surface area is 108 Å². The number of benzene rings is 1. The summed E-state index contributed by atoms with van der Waals surface area (Å²) in [6.45, 7) is 0.797. The van der Waals surface area contributed by atoms with Crippen LogP contribution in [-0.2, 0) is 16.6 Å². The third-order valence-corrected chi connectivity index (χ3v) is 4.44. The summed E-state index contributed by atoms with van der Waals surface area (Å²) < 4.78 is 5.30. The molecule has 0 bridgehead atoms. The van der Waals surface area contributed by atoms with Gasteiger partial charge in [-0.2, -0.15) is 0 Å². The Morgan fingerprint density at radius 2 is 2.17 bits per heavy atom. The molecule has 1 amide bonds. The van der Waals surface area contributed by atoms with Crippen molar-refractivity contribution in [1.82, 2.24) is 5.32 Å². The molecule has 1 aliphatic heterocycles. The van der Waals surface area contributed by atoms with Gasteiger partial charge in [0.15, 0.2) is 0 Å². The minimum Gasteiger partial charge on any atom is -0.497 e. The highest BCUT2D eigenvalue weighted by Crippen LogP contribution is 2.42. The van der Waals surface area contributed by atoms with Gasteiger partial charge in [-0.1, -0.05) is 6.07 Å². The van der Waals surface area contributed by atoms with E-state index in [1.807, 2.05) is 6.07 Å². The van der Waals surface area contributed by atoms with Crippen molar-refractivity contribution in [1.29, 1.82) is 0 Å². The van der Waals surface area contributed by atoms with E-state index >= 15 is 0 Å². The lowest BCUT2D eigenvalue weighted by Crippen LogP contribution is -2.47. The van der Waals surface area contributed by atoms with Crippen LogP contribution in [0.5, 0.6) is 5.75 Å². The number of nitrogens with one attached hydrogen (secondary N) is 1. The van der Waals surface area contributed by atoms with Crippen LogP contribution in [0.15, 0.2) is 18.2 Å². The van der Waals surface area contributed by atoms with E-state index in [9.17, 15) is 4.79 Å². The summed E-state index contributed by atoms with van der Waals surface area (Å²) in [5, 5.41) is 3.04. The molecule has 1 saturated heterocycles. The number of ether oxygens (including phenoxy) is 1. The summed E-state index contributed by atoms with van der Waals surface area (Å²) in [6, 6.07) is 6.40. The van der Waals surface area contributed by atoms with Gasteiger partial charge in [0.2, 0.25) is 5.91 Å². The molecular weight excluding hydrogens is 226 g/mol. The number of carbonyl (C=O) groups is 1. The van der Waals surface area contributed by atoms with Crippen LogP contribution < -0.4 is 10.1 Å². The zero-order valence-corrected chi connectivity index (χ0v) is 10.8. The van der Waals surface area contributed by atoms with Gasteiger partial charge in [-0.15, -0.1) is 0 Å². The summed E-state index contributed by atoms with van der Waals surface area (Å²) in [4.78, 5) is 11.4. The number of rotatable bonds is 1. The number of amides is 1. The quantitative estimate of drug-likeness (QED) is 0.823. The smallest absolute Gasteiger partial charge is 0.220 e. The van der Waals surface area contributed by atoms with Crippen LogP contribution in [-0.4, -0.2) is 19.6 Å². The number of fused-ring (bicyclic) bond motifs is 2. The van der Waals surface area contributed by atoms with Crippen molar-refractivity contribution in [2.75, 3.05) is 13.7 Å². The Kier molecular flexibility index (Phi) is 2.77. The highest BCUT2D eigenvalue weighted by molar-refractivity contribution is 5.77. The Balaban J connectivity index is 1.99. The maximum atomic E-state index is 11.4. The van der Waals surface area contributed by atoms with Gasteiger partial charge in [0.05, 0.1) is 7.11 Å². The number of carbonyl (C=O) groups excluding carboxylic acids is 1. The molecule has 18 heavy (non-hydrogen) atoms. The second-order valence-corrected chi connectivity index (χ2v) is 5.43. The second-order valence-electron chi connectivity index (χ2n) is 5.43. The van der Waals surface area contributed by atoms with E-state index in [0.29, 0.717) is 6.42 Å². The molecule has 0 saturated carbocycles. The fraction of sp³-hybridized carbons (Fsp3) is 0.533. The average Bonchev–Trinajstić information content (AvgIpc) is 2.42. The molecule has 2 aliphatic rings. The van der Waals surface area contributed by atoms with Gasteiger partial charge in [-0.3, -0.25) is 4.79 Å². The zero-order chi connectivity index (χ0) is 12.6. The van der Waals surface area contributed by atoms with Gasteiger partial charge in [-0.25, -0.2) is 0 Å². The maximum absolute atomic E-state index is 11.4. The highest BCUT2D eigenvalue weighted by atomic mass is 16.5. The molecule has 1 aromatic carbocycles. The number of methoxy groups -OCH3 is 1. The zero-order valence-electron chi connectivity index (χ0n) is 10.8. The third-order valence-electron chi connectivity index (χ3n) is 4.44. The van der Waals surface area contributed by atoms with Crippen molar-refractivity contribution in [3.63, 3.8) is 0 Å². The molecule has 1 aromatic rings. The fourth-order valence-electron chi connectivity index (χ4n) is 3.41. The van der Waals surface area contributed by atoms with Crippen molar-refractivity contribution in [2.45, 2.75) is 37.5 Å². The first kappa shape index (κ1) is 11.6. The molecule has 3 nitrogen and oxygen atoms in total. The Hall–Kier alpha value is -1.51. The molecule has 0 radical (unpaired) electrons. The first-order valence-electron chi connectivity index (χ1n) is 6.68. The van der Waals surface area contributed by atoms with Crippen LogP contribution >= 0.6 is 0 Å². The molecule has 1 unspecified atom stereocenters. The standard InChI is InChI=1S/C15H19NO2/c1-18-12-4-5-13-11(9-12)3-2-7-15(13)8-6-14(17)16-10-15/h4-5,9H,2-3,6-8,10H2,1H3,(H,16,17). The van der Waals surface area contributed by atoms with Crippen LogP contribution in [0, 0.1) is 0 Å². The van der Waals surface area contributed by atoms with Crippen LogP contribution in [0.4, 0.5) is 0 Å². The Bertz CT molecular complexity index is 471. The SMILES string of the molecule is COc1ccc2c(c1)CCCC21CCC(=O)NC1. The Morgan fingerprint density at radius 3 is 2.89 bits per heavy atom. The van der Waals surface area contributed by atoms with Crippen LogP contribution in [0.2, 0.25) is 0 Å². The van der Waals surface area contributed by atoms with Crippen LogP contribution in [0.3, 0.4) is 0 Å². The molecule has 1 spiro atoms. The van der Waals surface area contributed by atoms with Crippen molar-refractivity contribution in [3.8, 4) is 5.75 Å². The van der Waals surface area contributed by atoms with E-state index in [2.05, 4.69) is 17.4 Å². The molecule has 3 rings (SSSR count). The van der Waals surface area contributed by atoms with Crippen LogP contribution in [0.1, 0.15) is 36.8 Å². The van der Waals surface area contributed by atoms with Crippen molar-refractivity contribution >= 4 is 5.91 Å². The van der Waals surface area contributed by atoms with Gasteiger partial charge in [-0.05, 0) is 48.9 Å². The van der Waals surface area contributed by atoms with Gasteiger partial charge in [0.1, 0.15) is 5.75 Å². The number of piperidine rings is 1. The fourth-order valence-corrected chi connectivity index (χ4v) is 3.41. The normalized spacial score (nSPS) is 26.6. The minimum atomic E-state index is 0.174. The van der Waals surface area contributed by atoms with Crippen LogP contribution in [0.25, 0.3) is 0 Å². The minimum absolute atomic E-state index is 0.174. The molecule has 1 heterocycles. The lowest BCUT2D eigenvalue weighted by atomic mass is 9.66. The molecule has 1 aliphatic carbocycles. The molecule has 0 aromatic heterocycles. The largest absolute Gasteiger partial charge is 0.497 e. The lowest BCUT2D eigenvalue weighted by molar-refractivity contribution is -0.123. The lowest BCUT2D eigenvalue weighted by Gasteiger charge is -2.42. The molecule has 96 valence electrons. The first-order valence-corrected chi connectivity index (χ1v) is 6.68. The van der Waals surface area contributed by atoms with Gasteiger partial charge >= 0.3 is 0 Å². The van der Waals surface area contributed by atoms with Gasteiger partial charge in [0, 0.05) is 18.4 Å². The number of hydrogen-bond acceptors (Lipinski definition) is 2. The topological polar surface area (TPSA) is 38.3 Å². The molecule has 1 N–H and O–H groups in total. The van der Waals surface area contributed by atoms with Crippen molar-refractivity contribution in [2.24, 2.45) is 0 Å². The maximum Gasteiger partial charge on any atom is 0.220 e. The summed E-state index contributed by atoms with van der Waals surface area (Å²) in [5.41, 5.74) is 3.00. The summed E-state index contributed by atoms with van der Waals surface area (Å²) >= 11 is 0. The number of hydrogen-bond donors (Lipinski definition) is 1. The van der Waals surface area contributed by atoms with E-state index < -0.39 is 0 Å². The van der Waals surface area contributed by atoms with E-state index in [1.54, 1.807) is 7.11 Å². The molecule has 3 heteroatoms. The third kappa shape index (κ3) is 1.78. The van der Waals surface area contributed by atoms with Crippen molar-refractivity contribution in [3.05, 3.63) is 29.3 Å². The average molecular weight is 245 g/mol. The first-order chi connectivity index (χ1) is 8.73. The molecule has 1 fully saturated rings. The summed E-state index contributed by atoms with van der Waals surface area (Å²) in [5.74, 6) is 1.13.